The fourth-order valence-electron chi connectivity index (χ4n) is 10.4. The molecule has 0 unspecified atom stereocenters. The summed E-state index contributed by atoms with van der Waals surface area (Å²) in [7, 11) is 0. The van der Waals surface area contributed by atoms with Gasteiger partial charge >= 0.3 is 0 Å². The summed E-state index contributed by atoms with van der Waals surface area (Å²) < 4.78 is 2.37. The molecular formula is C67H73N5. The molecule has 0 saturated heterocycles. The van der Waals surface area contributed by atoms with Gasteiger partial charge in [-0.15, -0.1) is 0 Å². The van der Waals surface area contributed by atoms with Gasteiger partial charge in [-0.05, 0) is 140 Å². The molecule has 1 aliphatic rings. The first-order chi connectivity index (χ1) is 34.0. The van der Waals surface area contributed by atoms with Gasteiger partial charge in [-0.3, -0.25) is 4.57 Å². The summed E-state index contributed by atoms with van der Waals surface area (Å²) in [6.07, 6.45) is 2.00. The van der Waals surface area contributed by atoms with E-state index in [9.17, 15) is 0 Å². The number of nitrogens with zero attached hydrogens (tertiary/aromatic N) is 5. The normalized spacial score (nSPS) is 13.6. The van der Waals surface area contributed by atoms with Gasteiger partial charge in [-0.2, -0.15) is 0 Å². The third kappa shape index (κ3) is 8.97. The first kappa shape index (κ1) is 48.5. The first-order valence-corrected chi connectivity index (χ1v) is 25.9. The summed E-state index contributed by atoms with van der Waals surface area (Å²) in [5, 5.41) is 2.39. The minimum absolute atomic E-state index is 0.00882. The van der Waals surface area contributed by atoms with Crippen molar-refractivity contribution in [3.63, 3.8) is 0 Å². The molecule has 0 radical (unpaired) electrons. The van der Waals surface area contributed by atoms with Crippen LogP contribution in [0.15, 0.2) is 176 Å². The number of hydrogen-bond donors (Lipinski definition) is 0. The number of anilines is 7. The SMILES string of the molecule is CC(C)(C)c1cc(N2CN(c3cccc(N(c4ccccc4)c4ccc5c6ccccc6n(-c6cc(C(C)(C)c7cc(C(C)(C)C)cc(C(C)(C)C)c7)ccn6)c5c4)c3)c3ccccc32)cc(C(C)(C)C)c1. The molecule has 0 atom stereocenters. The quantitative estimate of drug-likeness (QED) is 0.152. The van der Waals surface area contributed by atoms with Gasteiger partial charge in [0.15, 0.2) is 0 Å². The van der Waals surface area contributed by atoms with Gasteiger partial charge in [0, 0.05) is 50.8 Å². The van der Waals surface area contributed by atoms with Crippen LogP contribution < -0.4 is 14.7 Å². The standard InChI is InChI=1S/C67H73N5/c1-63(2,3)46-35-47(64(4,5)6)38-50(37-46)67(13,14)45-33-34-68-62(41-45)72-58-28-19-18-27-56(58)57-32-31-54(43-61(57)72)71(51-23-16-15-17-24-51)53-26-22-25-52(42-53)69-44-70(60-30-21-20-29-59(60)69)55-39-48(65(7,8)9)36-49(40-55)66(10,11)12/h15-43H,44H2,1-14H3. The van der Waals surface area contributed by atoms with Gasteiger partial charge in [0.1, 0.15) is 12.5 Å². The number of hydrogen-bond acceptors (Lipinski definition) is 4. The van der Waals surface area contributed by atoms with Gasteiger partial charge in [-0.1, -0.05) is 182 Å². The van der Waals surface area contributed by atoms with Crippen LogP contribution in [0.1, 0.15) is 130 Å². The van der Waals surface area contributed by atoms with Crippen molar-refractivity contribution in [2.24, 2.45) is 0 Å². The molecule has 1 aliphatic heterocycles. The highest BCUT2D eigenvalue weighted by atomic mass is 15.4. The average Bonchev–Trinajstić information content (AvgIpc) is 3.89. The summed E-state index contributed by atoms with van der Waals surface area (Å²) in [5.41, 5.74) is 17.9. The van der Waals surface area contributed by atoms with Gasteiger partial charge in [0.05, 0.1) is 22.4 Å². The molecule has 0 saturated carbocycles. The summed E-state index contributed by atoms with van der Waals surface area (Å²) in [6.45, 7) is 33.2. The van der Waals surface area contributed by atoms with Crippen molar-refractivity contribution in [1.29, 1.82) is 0 Å². The Balaban J connectivity index is 1.08. The van der Waals surface area contributed by atoms with Crippen LogP contribution in [-0.2, 0) is 27.1 Å². The van der Waals surface area contributed by atoms with Crippen LogP contribution in [0.3, 0.4) is 0 Å². The number of aromatic nitrogens is 2. The van der Waals surface area contributed by atoms with Gasteiger partial charge < -0.3 is 14.7 Å². The Labute approximate surface area is 429 Å². The van der Waals surface area contributed by atoms with Crippen molar-refractivity contribution in [2.45, 2.75) is 124 Å². The molecule has 9 aromatic rings. The monoisotopic (exact) mass is 948 g/mol. The summed E-state index contributed by atoms with van der Waals surface area (Å²) in [6, 6.07) is 63.4. The predicted molar refractivity (Wildman–Crippen MR) is 309 cm³/mol. The fourth-order valence-corrected chi connectivity index (χ4v) is 10.4. The van der Waals surface area contributed by atoms with Crippen LogP contribution in [0.25, 0.3) is 27.6 Å². The molecule has 366 valence electrons. The van der Waals surface area contributed by atoms with E-state index in [1.54, 1.807) is 0 Å². The van der Waals surface area contributed by atoms with E-state index < -0.39 is 0 Å². The second-order valence-corrected chi connectivity index (χ2v) is 24.8. The molecule has 72 heavy (non-hydrogen) atoms. The maximum absolute atomic E-state index is 5.17. The lowest BCUT2D eigenvalue weighted by Crippen LogP contribution is -2.25. The molecule has 0 fully saturated rings. The van der Waals surface area contributed by atoms with Gasteiger partial charge in [-0.25, -0.2) is 4.98 Å². The Hall–Kier alpha value is -7.11. The molecule has 5 heteroatoms. The van der Waals surface area contributed by atoms with Crippen LogP contribution >= 0.6 is 0 Å². The molecule has 5 nitrogen and oxygen atoms in total. The Morgan fingerprint density at radius 2 is 0.875 bits per heavy atom. The number of benzene rings is 7. The van der Waals surface area contributed by atoms with E-state index in [2.05, 4.69) is 286 Å². The molecule has 7 aromatic carbocycles. The van der Waals surface area contributed by atoms with Crippen molar-refractivity contribution < 1.29 is 0 Å². The van der Waals surface area contributed by atoms with Crippen LogP contribution in [0.4, 0.5) is 39.8 Å². The second-order valence-electron chi connectivity index (χ2n) is 24.8. The van der Waals surface area contributed by atoms with Crippen molar-refractivity contribution in [3.05, 3.63) is 209 Å². The largest absolute Gasteiger partial charge is 0.321 e. The zero-order valence-electron chi connectivity index (χ0n) is 45.2. The second kappa shape index (κ2) is 17.6. The highest BCUT2D eigenvalue weighted by Crippen LogP contribution is 2.48. The molecule has 0 amide bonds. The number of pyridine rings is 1. The average molecular weight is 948 g/mol. The number of fused-ring (bicyclic) bond motifs is 4. The molecule has 0 bridgehead atoms. The van der Waals surface area contributed by atoms with Crippen LogP contribution in [0.5, 0.6) is 0 Å². The highest BCUT2D eigenvalue weighted by molar-refractivity contribution is 6.10. The van der Waals surface area contributed by atoms with E-state index in [1.807, 2.05) is 6.20 Å². The minimum Gasteiger partial charge on any atom is -0.321 e. The fraction of sp³-hybridized carbons (Fsp3) is 0.299. The smallest absolute Gasteiger partial charge is 0.137 e. The Morgan fingerprint density at radius 1 is 0.375 bits per heavy atom. The number of rotatable bonds is 8. The Morgan fingerprint density at radius 3 is 1.49 bits per heavy atom. The van der Waals surface area contributed by atoms with Crippen molar-refractivity contribution in [2.75, 3.05) is 21.4 Å². The first-order valence-electron chi connectivity index (χ1n) is 25.9. The van der Waals surface area contributed by atoms with Crippen molar-refractivity contribution >= 4 is 61.6 Å². The third-order valence-electron chi connectivity index (χ3n) is 15.1. The molecule has 0 aliphatic carbocycles. The van der Waals surface area contributed by atoms with Crippen molar-refractivity contribution in [1.82, 2.24) is 9.55 Å². The lowest BCUT2D eigenvalue weighted by atomic mass is 9.72. The highest BCUT2D eigenvalue weighted by Gasteiger charge is 2.32. The van der Waals surface area contributed by atoms with Crippen molar-refractivity contribution in [3.8, 4) is 5.82 Å². The Bertz CT molecular complexity index is 3410. The van der Waals surface area contributed by atoms with E-state index in [4.69, 9.17) is 4.98 Å². The zero-order chi connectivity index (χ0) is 51.1. The van der Waals surface area contributed by atoms with E-state index in [0.717, 1.165) is 39.6 Å². The molecule has 0 N–H and O–H groups in total. The van der Waals surface area contributed by atoms with Crippen LogP contribution in [0.2, 0.25) is 0 Å². The maximum atomic E-state index is 5.17. The third-order valence-corrected chi connectivity index (χ3v) is 15.1. The van der Waals surface area contributed by atoms with E-state index >= 15 is 0 Å². The van der Waals surface area contributed by atoms with Gasteiger partial charge in [0.2, 0.25) is 0 Å². The molecule has 3 heterocycles. The van der Waals surface area contributed by atoms with E-state index in [1.165, 1.54) is 61.2 Å². The molecule has 10 rings (SSSR count). The zero-order valence-corrected chi connectivity index (χ0v) is 45.2. The summed E-state index contributed by atoms with van der Waals surface area (Å²) >= 11 is 0. The lowest BCUT2D eigenvalue weighted by molar-refractivity contribution is 0.557. The topological polar surface area (TPSA) is 27.5 Å². The predicted octanol–water partition coefficient (Wildman–Crippen LogP) is 18.4. The molecule has 2 aromatic heterocycles. The Kier molecular flexibility index (Phi) is 11.8. The molecule has 0 spiro atoms. The van der Waals surface area contributed by atoms with Crippen LogP contribution in [0, 0.1) is 0 Å². The summed E-state index contributed by atoms with van der Waals surface area (Å²) in [4.78, 5) is 12.5. The van der Waals surface area contributed by atoms with E-state index in [0.29, 0.717) is 6.67 Å². The lowest BCUT2D eigenvalue weighted by Gasteiger charge is -2.32. The van der Waals surface area contributed by atoms with Crippen LogP contribution in [-0.4, -0.2) is 16.2 Å². The minimum atomic E-state index is -0.295. The maximum Gasteiger partial charge on any atom is 0.137 e. The van der Waals surface area contributed by atoms with E-state index in [-0.39, 0.29) is 27.1 Å². The number of para-hydroxylation sites is 4. The van der Waals surface area contributed by atoms with Gasteiger partial charge in [0.25, 0.3) is 0 Å². The summed E-state index contributed by atoms with van der Waals surface area (Å²) in [5.74, 6) is 0.903. The molecular weight excluding hydrogens is 875 g/mol.